The van der Waals surface area contributed by atoms with Crippen LogP contribution in [0.4, 0.5) is 0 Å². The number of benzene rings is 1. The van der Waals surface area contributed by atoms with Crippen LogP contribution in [0.25, 0.3) is 0 Å². The number of nitrogens with one attached hydrogen (secondary N) is 1. The summed E-state index contributed by atoms with van der Waals surface area (Å²) in [4.78, 5) is 14.0. The minimum absolute atomic E-state index is 0.0282. The van der Waals surface area contributed by atoms with E-state index in [1.807, 2.05) is 23.1 Å². The Bertz CT molecular complexity index is 384. The Morgan fingerprint density at radius 3 is 2.56 bits per heavy atom. The first-order valence-corrected chi connectivity index (χ1v) is 5.96. The Balaban J connectivity index is 1.65. The number of rotatable bonds is 2. The number of hydrogen-bond acceptors (Lipinski definition) is 2. The predicted molar refractivity (Wildman–Crippen MR) is 61.9 cm³/mol. The molecule has 16 heavy (non-hydrogen) atoms. The summed E-state index contributed by atoms with van der Waals surface area (Å²) >= 11 is 0. The van der Waals surface area contributed by atoms with E-state index in [-0.39, 0.29) is 18.0 Å². The molecule has 2 fully saturated rings. The van der Waals surface area contributed by atoms with Crippen LogP contribution in [0, 0.1) is 0 Å². The molecule has 0 saturated carbocycles. The molecular weight excluding hydrogens is 200 g/mol. The van der Waals surface area contributed by atoms with Crippen molar-refractivity contribution in [1.29, 1.82) is 0 Å². The topological polar surface area (TPSA) is 42.3 Å². The Kier molecular flexibility index (Phi) is 2.40. The highest BCUT2D eigenvalue weighted by Gasteiger charge is 2.45. The average Bonchev–Trinajstić information content (AvgIpc) is 2.95. The molecule has 2 aliphatic heterocycles. The van der Waals surface area contributed by atoms with Gasteiger partial charge in [0.25, 0.3) is 0 Å². The molecule has 0 unspecified atom stereocenters. The average molecular weight is 216 g/mol. The predicted octanol–water partition coefficient (Wildman–Crippen LogP) is 1.32. The molecule has 3 nitrogen and oxygen atoms in total. The third-order valence-electron chi connectivity index (χ3n) is 3.43. The van der Waals surface area contributed by atoms with E-state index in [1.165, 1.54) is 5.56 Å². The fourth-order valence-corrected chi connectivity index (χ4v) is 2.44. The minimum Gasteiger partial charge on any atom is -0.341 e. The molecule has 2 atom stereocenters. The van der Waals surface area contributed by atoms with Crippen LogP contribution in [0.1, 0.15) is 24.4 Å². The number of nitrogens with zero attached hydrogens (tertiary/aromatic N) is 1. The van der Waals surface area contributed by atoms with Gasteiger partial charge in [0.15, 0.2) is 0 Å². The van der Waals surface area contributed by atoms with E-state index in [0.29, 0.717) is 0 Å². The Morgan fingerprint density at radius 2 is 1.88 bits per heavy atom. The number of likely N-dealkylation sites (tertiary alicyclic amines) is 1. The lowest BCUT2D eigenvalue weighted by molar-refractivity contribution is -0.129. The van der Waals surface area contributed by atoms with Crippen molar-refractivity contribution in [2.24, 2.45) is 0 Å². The molecule has 0 bridgehead atoms. The molecule has 3 heteroatoms. The van der Waals surface area contributed by atoms with E-state index >= 15 is 0 Å². The standard InChI is InChI=1S/C13H16N2O/c16-13(15-8-4-5-9-15)12-11(14-12)10-6-2-1-3-7-10/h1-3,6-7,11-12,14H,4-5,8-9H2/t11-,12-/m0/s1. The highest BCUT2D eigenvalue weighted by molar-refractivity contribution is 5.86. The summed E-state index contributed by atoms with van der Waals surface area (Å²) in [5, 5.41) is 3.27. The van der Waals surface area contributed by atoms with Gasteiger partial charge < -0.3 is 4.90 Å². The molecule has 3 rings (SSSR count). The summed E-state index contributed by atoms with van der Waals surface area (Å²) in [6.45, 7) is 1.89. The second kappa shape index (κ2) is 3.91. The lowest BCUT2D eigenvalue weighted by Crippen LogP contribution is -2.32. The third-order valence-corrected chi connectivity index (χ3v) is 3.43. The van der Waals surface area contributed by atoms with Gasteiger partial charge >= 0.3 is 0 Å². The van der Waals surface area contributed by atoms with Crippen molar-refractivity contribution in [3.05, 3.63) is 35.9 Å². The van der Waals surface area contributed by atoms with Crippen molar-refractivity contribution in [3.8, 4) is 0 Å². The van der Waals surface area contributed by atoms with Crippen molar-refractivity contribution in [2.75, 3.05) is 13.1 Å². The van der Waals surface area contributed by atoms with Gasteiger partial charge in [-0.1, -0.05) is 30.3 Å². The molecule has 1 amide bonds. The number of carbonyl (C=O) groups is 1. The Hall–Kier alpha value is -1.35. The molecule has 1 N–H and O–H groups in total. The normalized spacial score (nSPS) is 28.1. The molecule has 1 aromatic carbocycles. The fourth-order valence-electron chi connectivity index (χ4n) is 2.44. The van der Waals surface area contributed by atoms with Crippen molar-refractivity contribution in [1.82, 2.24) is 10.2 Å². The Labute approximate surface area is 95.4 Å². The molecule has 84 valence electrons. The van der Waals surface area contributed by atoms with Crippen LogP contribution in [-0.2, 0) is 4.79 Å². The first kappa shape index (κ1) is 9.85. The largest absolute Gasteiger partial charge is 0.341 e. The lowest BCUT2D eigenvalue weighted by atomic mass is 10.1. The molecule has 2 aliphatic rings. The second-order valence-electron chi connectivity index (χ2n) is 4.57. The van der Waals surface area contributed by atoms with E-state index in [4.69, 9.17) is 0 Å². The van der Waals surface area contributed by atoms with E-state index in [0.717, 1.165) is 25.9 Å². The van der Waals surface area contributed by atoms with E-state index in [1.54, 1.807) is 0 Å². The van der Waals surface area contributed by atoms with Gasteiger partial charge in [0, 0.05) is 13.1 Å². The molecule has 1 aromatic rings. The summed E-state index contributed by atoms with van der Waals surface area (Å²) in [6.07, 6.45) is 2.32. The van der Waals surface area contributed by atoms with Crippen LogP contribution in [0.5, 0.6) is 0 Å². The van der Waals surface area contributed by atoms with Crippen molar-refractivity contribution < 1.29 is 4.79 Å². The maximum absolute atomic E-state index is 12.1. The van der Waals surface area contributed by atoms with Gasteiger partial charge in [0.2, 0.25) is 5.91 Å². The highest BCUT2D eigenvalue weighted by atomic mass is 16.2. The van der Waals surface area contributed by atoms with Gasteiger partial charge in [-0.25, -0.2) is 0 Å². The number of carbonyl (C=O) groups excluding carboxylic acids is 1. The fraction of sp³-hybridized carbons (Fsp3) is 0.462. The highest BCUT2D eigenvalue weighted by Crippen LogP contribution is 2.31. The van der Waals surface area contributed by atoms with E-state index in [9.17, 15) is 4.79 Å². The number of hydrogen-bond donors (Lipinski definition) is 1. The maximum Gasteiger partial charge on any atom is 0.241 e. The van der Waals surface area contributed by atoms with Crippen LogP contribution >= 0.6 is 0 Å². The Morgan fingerprint density at radius 1 is 1.19 bits per heavy atom. The summed E-state index contributed by atoms with van der Waals surface area (Å²) in [5.41, 5.74) is 1.22. The van der Waals surface area contributed by atoms with Gasteiger partial charge in [-0.2, -0.15) is 0 Å². The van der Waals surface area contributed by atoms with Gasteiger partial charge in [-0.3, -0.25) is 10.1 Å². The van der Waals surface area contributed by atoms with Gasteiger partial charge in [0.05, 0.1) is 6.04 Å². The molecular formula is C13H16N2O. The third kappa shape index (κ3) is 1.71. The molecule has 0 radical (unpaired) electrons. The first-order chi connectivity index (χ1) is 7.86. The smallest absolute Gasteiger partial charge is 0.241 e. The van der Waals surface area contributed by atoms with Crippen molar-refractivity contribution in [3.63, 3.8) is 0 Å². The number of amides is 1. The van der Waals surface area contributed by atoms with Crippen LogP contribution in [0.15, 0.2) is 30.3 Å². The minimum atomic E-state index is 0.0282. The first-order valence-electron chi connectivity index (χ1n) is 5.96. The molecule has 2 saturated heterocycles. The van der Waals surface area contributed by atoms with Crippen molar-refractivity contribution >= 4 is 5.91 Å². The zero-order chi connectivity index (χ0) is 11.0. The maximum atomic E-state index is 12.1. The second-order valence-corrected chi connectivity index (χ2v) is 4.57. The van der Waals surface area contributed by atoms with Gasteiger partial charge in [0.1, 0.15) is 6.04 Å². The summed E-state index contributed by atoms with van der Waals surface area (Å²) in [7, 11) is 0. The molecule has 0 aliphatic carbocycles. The molecule has 2 heterocycles. The SMILES string of the molecule is O=C([C@H]1N[C@H]1c1ccccc1)N1CCCC1. The quantitative estimate of drug-likeness (QED) is 0.758. The zero-order valence-electron chi connectivity index (χ0n) is 9.23. The summed E-state index contributed by atoms with van der Waals surface area (Å²) in [5.74, 6) is 0.284. The van der Waals surface area contributed by atoms with Crippen molar-refractivity contribution in [2.45, 2.75) is 24.9 Å². The monoisotopic (exact) mass is 216 g/mol. The van der Waals surface area contributed by atoms with Crippen LogP contribution in [0.3, 0.4) is 0 Å². The van der Waals surface area contributed by atoms with Gasteiger partial charge in [-0.05, 0) is 18.4 Å². The van der Waals surface area contributed by atoms with Gasteiger partial charge in [-0.15, -0.1) is 0 Å². The summed E-state index contributed by atoms with van der Waals surface area (Å²) in [6, 6.07) is 10.5. The van der Waals surface area contributed by atoms with E-state index < -0.39 is 0 Å². The molecule has 0 aromatic heterocycles. The van der Waals surface area contributed by atoms with E-state index in [2.05, 4.69) is 17.4 Å². The molecule has 0 spiro atoms. The summed E-state index contributed by atoms with van der Waals surface area (Å²) < 4.78 is 0. The van der Waals surface area contributed by atoms with Crippen LogP contribution < -0.4 is 5.32 Å². The van der Waals surface area contributed by atoms with Crippen LogP contribution in [0.2, 0.25) is 0 Å². The zero-order valence-corrected chi connectivity index (χ0v) is 9.23. The lowest BCUT2D eigenvalue weighted by Gasteiger charge is -2.13. The van der Waals surface area contributed by atoms with Crippen LogP contribution in [-0.4, -0.2) is 29.9 Å².